The number of nitrogens with two attached hydrogens (primary N) is 1. The number of thiocarbonyl (C=S) groups is 1. The van der Waals surface area contributed by atoms with Crippen LogP contribution in [0.4, 0.5) is 0 Å². The summed E-state index contributed by atoms with van der Waals surface area (Å²) in [6.45, 7) is 7.44. The second-order valence-corrected chi connectivity index (χ2v) is 5.48. The van der Waals surface area contributed by atoms with Gasteiger partial charge < -0.3 is 11.1 Å². The van der Waals surface area contributed by atoms with Crippen LogP contribution in [-0.2, 0) is 4.79 Å². The minimum atomic E-state index is -0.827. The van der Waals surface area contributed by atoms with E-state index in [2.05, 4.69) is 5.32 Å². The molecule has 1 rings (SSSR count). The maximum absolute atomic E-state index is 12.1. The molecule has 0 aliphatic rings. The van der Waals surface area contributed by atoms with E-state index in [4.69, 9.17) is 18.0 Å². The average Bonchev–Trinajstić information content (AvgIpc) is 2.28. The summed E-state index contributed by atoms with van der Waals surface area (Å²) in [6, 6.07) is 7.91. The quantitative estimate of drug-likeness (QED) is 0.821. The van der Waals surface area contributed by atoms with Crippen LogP contribution in [0.5, 0.6) is 0 Å². The Kier molecular flexibility index (Phi) is 4.46. The lowest BCUT2D eigenvalue weighted by molar-refractivity contribution is -0.126. The third-order valence-corrected chi connectivity index (χ3v) is 3.70. The molecule has 1 aromatic rings. The van der Waals surface area contributed by atoms with E-state index in [0.717, 1.165) is 11.1 Å². The summed E-state index contributed by atoms with van der Waals surface area (Å²) in [5.41, 5.74) is 7.01. The number of rotatable bonds is 4. The zero-order chi connectivity index (χ0) is 13.9. The van der Waals surface area contributed by atoms with E-state index in [1.54, 1.807) is 13.8 Å². The number of aryl methyl sites for hydroxylation is 1. The summed E-state index contributed by atoms with van der Waals surface area (Å²) in [7, 11) is 0. The number of amides is 1. The SMILES string of the molecule is Cc1ccccc1C(C)NC(=O)C(C)(C)C(N)=S. The Balaban J connectivity index is 2.84. The summed E-state index contributed by atoms with van der Waals surface area (Å²) in [6.07, 6.45) is 0. The Bertz CT molecular complexity index is 469. The van der Waals surface area contributed by atoms with Crippen molar-refractivity contribution in [1.29, 1.82) is 0 Å². The molecule has 0 aromatic heterocycles. The van der Waals surface area contributed by atoms with Gasteiger partial charge in [0.25, 0.3) is 0 Å². The summed E-state index contributed by atoms with van der Waals surface area (Å²) in [5, 5.41) is 2.95. The van der Waals surface area contributed by atoms with Crippen molar-refractivity contribution in [2.24, 2.45) is 11.1 Å². The number of hydrogen-bond acceptors (Lipinski definition) is 2. The third-order valence-electron chi connectivity index (χ3n) is 3.19. The van der Waals surface area contributed by atoms with Gasteiger partial charge in [0.2, 0.25) is 5.91 Å². The summed E-state index contributed by atoms with van der Waals surface area (Å²) < 4.78 is 0. The zero-order valence-electron chi connectivity index (χ0n) is 11.3. The van der Waals surface area contributed by atoms with E-state index in [9.17, 15) is 4.79 Å². The average molecular weight is 264 g/mol. The van der Waals surface area contributed by atoms with Crippen molar-refractivity contribution in [2.45, 2.75) is 33.7 Å². The molecule has 4 heteroatoms. The first-order valence-corrected chi connectivity index (χ1v) is 6.34. The monoisotopic (exact) mass is 264 g/mol. The minimum absolute atomic E-state index is 0.0627. The molecule has 0 aliphatic carbocycles. The molecule has 0 aliphatic heterocycles. The van der Waals surface area contributed by atoms with E-state index < -0.39 is 5.41 Å². The Hall–Kier alpha value is -1.42. The van der Waals surface area contributed by atoms with Crippen molar-refractivity contribution >= 4 is 23.1 Å². The zero-order valence-corrected chi connectivity index (χ0v) is 12.1. The molecule has 1 amide bonds. The molecule has 3 N–H and O–H groups in total. The first-order valence-electron chi connectivity index (χ1n) is 5.93. The van der Waals surface area contributed by atoms with E-state index in [-0.39, 0.29) is 16.9 Å². The Morgan fingerprint density at radius 3 is 2.44 bits per heavy atom. The van der Waals surface area contributed by atoms with Crippen molar-refractivity contribution < 1.29 is 4.79 Å². The van der Waals surface area contributed by atoms with Crippen LogP contribution in [0.2, 0.25) is 0 Å². The van der Waals surface area contributed by atoms with Gasteiger partial charge in [-0.3, -0.25) is 4.79 Å². The first kappa shape index (κ1) is 14.6. The number of hydrogen-bond donors (Lipinski definition) is 2. The largest absolute Gasteiger partial charge is 0.392 e. The van der Waals surface area contributed by atoms with Crippen molar-refractivity contribution in [2.75, 3.05) is 0 Å². The molecule has 0 saturated carbocycles. The van der Waals surface area contributed by atoms with Gasteiger partial charge in [0.05, 0.1) is 16.4 Å². The van der Waals surface area contributed by atoms with E-state index in [1.165, 1.54) is 0 Å². The molecule has 3 nitrogen and oxygen atoms in total. The summed E-state index contributed by atoms with van der Waals surface area (Å²) >= 11 is 4.92. The molecule has 18 heavy (non-hydrogen) atoms. The van der Waals surface area contributed by atoms with E-state index >= 15 is 0 Å². The van der Waals surface area contributed by atoms with Crippen LogP contribution in [0.3, 0.4) is 0 Å². The van der Waals surface area contributed by atoms with Gasteiger partial charge in [-0.2, -0.15) is 0 Å². The molecule has 1 atom stereocenters. The predicted octanol–water partition coefficient (Wildman–Crippen LogP) is 2.48. The molecule has 1 aromatic carbocycles. The highest BCUT2D eigenvalue weighted by Crippen LogP contribution is 2.21. The molecule has 0 saturated heterocycles. The van der Waals surface area contributed by atoms with Gasteiger partial charge in [-0.1, -0.05) is 36.5 Å². The Morgan fingerprint density at radius 2 is 1.94 bits per heavy atom. The highest BCUT2D eigenvalue weighted by Gasteiger charge is 2.31. The van der Waals surface area contributed by atoms with Crippen molar-refractivity contribution in [3.63, 3.8) is 0 Å². The fraction of sp³-hybridized carbons (Fsp3) is 0.429. The van der Waals surface area contributed by atoms with Crippen molar-refractivity contribution in [3.8, 4) is 0 Å². The number of carbonyl (C=O) groups is 1. The maximum atomic E-state index is 12.1. The van der Waals surface area contributed by atoms with Gasteiger partial charge in [0.15, 0.2) is 0 Å². The van der Waals surface area contributed by atoms with Crippen LogP contribution in [0.1, 0.15) is 37.9 Å². The van der Waals surface area contributed by atoms with Gasteiger partial charge in [-0.05, 0) is 38.8 Å². The molecular weight excluding hydrogens is 244 g/mol. The van der Waals surface area contributed by atoms with Gasteiger partial charge in [0.1, 0.15) is 0 Å². The molecule has 0 radical (unpaired) electrons. The Labute approximate surface area is 114 Å². The molecule has 0 spiro atoms. The van der Waals surface area contributed by atoms with Crippen molar-refractivity contribution in [1.82, 2.24) is 5.32 Å². The van der Waals surface area contributed by atoms with Crippen LogP contribution >= 0.6 is 12.2 Å². The first-order chi connectivity index (χ1) is 8.26. The Morgan fingerprint density at radius 1 is 1.39 bits per heavy atom. The highest BCUT2D eigenvalue weighted by atomic mass is 32.1. The van der Waals surface area contributed by atoms with Crippen LogP contribution in [0.15, 0.2) is 24.3 Å². The van der Waals surface area contributed by atoms with E-state index in [1.807, 2.05) is 38.1 Å². The van der Waals surface area contributed by atoms with Crippen LogP contribution in [0, 0.1) is 12.3 Å². The molecule has 1 unspecified atom stereocenters. The lowest BCUT2D eigenvalue weighted by Crippen LogP contribution is -2.45. The van der Waals surface area contributed by atoms with Crippen LogP contribution in [-0.4, -0.2) is 10.9 Å². The number of benzene rings is 1. The molecule has 98 valence electrons. The highest BCUT2D eigenvalue weighted by molar-refractivity contribution is 7.80. The number of carbonyl (C=O) groups excluding carboxylic acids is 1. The van der Waals surface area contributed by atoms with E-state index in [0.29, 0.717) is 0 Å². The fourth-order valence-corrected chi connectivity index (χ4v) is 1.73. The fourth-order valence-electron chi connectivity index (χ4n) is 1.64. The maximum Gasteiger partial charge on any atom is 0.232 e. The van der Waals surface area contributed by atoms with Gasteiger partial charge in [0, 0.05) is 0 Å². The lowest BCUT2D eigenvalue weighted by atomic mass is 9.91. The topological polar surface area (TPSA) is 55.1 Å². The summed E-state index contributed by atoms with van der Waals surface area (Å²) in [4.78, 5) is 12.3. The smallest absolute Gasteiger partial charge is 0.232 e. The van der Waals surface area contributed by atoms with Gasteiger partial charge >= 0.3 is 0 Å². The molecule has 0 heterocycles. The normalized spacial score (nSPS) is 12.9. The molecular formula is C14H20N2OS. The van der Waals surface area contributed by atoms with Crippen LogP contribution in [0.25, 0.3) is 0 Å². The standard InChI is InChI=1S/C14H20N2OS/c1-9-7-5-6-8-11(9)10(2)16-13(17)14(3,4)12(15)18/h5-8,10H,1-4H3,(H2,15,18)(H,16,17). The number of nitrogens with one attached hydrogen (secondary N) is 1. The van der Waals surface area contributed by atoms with Gasteiger partial charge in [-0.15, -0.1) is 0 Å². The van der Waals surface area contributed by atoms with Crippen molar-refractivity contribution in [3.05, 3.63) is 35.4 Å². The third kappa shape index (κ3) is 3.07. The predicted molar refractivity (Wildman–Crippen MR) is 78.3 cm³/mol. The molecule has 0 bridgehead atoms. The minimum Gasteiger partial charge on any atom is -0.392 e. The molecule has 0 fully saturated rings. The van der Waals surface area contributed by atoms with Crippen LogP contribution < -0.4 is 11.1 Å². The summed E-state index contributed by atoms with van der Waals surface area (Å²) in [5.74, 6) is -0.147. The lowest BCUT2D eigenvalue weighted by Gasteiger charge is -2.25. The second kappa shape index (κ2) is 5.48. The second-order valence-electron chi connectivity index (χ2n) is 5.04. The van der Waals surface area contributed by atoms with Gasteiger partial charge in [-0.25, -0.2) is 0 Å².